The molecule has 1 aliphatic carbocycles. The lowest BCUT2D eigenvalue weighted by molar-refractivity contribution is -0.143. The molecule has 0 heterocycles. The van der Waals surface area contributed by atoms with Crippen LogP contribution in [0.5, 0.6) is 0 Å². The summed E-state index contributed by atoms with van der Waals surface area (Å²) in [5, 5.41) is 2.55. The van der Waals surface area contributed by atoms with Gasteiger partial charge in [-0.25, -0.2) is 0 Å². The van der Waals surface area contributed by atoms with E-state index >= 15 is 0 Å². The molecule has 0 spiro atoms. The molecule has 3 nitrogen and oxygen atoms in total. The minimum absolute atomic E-state index is 0.00205. The molecule has 27 heavy (non-hydrogen) atoms. The third-order valence-corrected chi connectivity index (χ3v) is 4.32. The molecule has 1 amide bonds. The second kappa shape index (κ2) is 8.08. The number of ether oxygens (including phenoxy) is 1. The molecule has 1 fully saturated rings. The standard InChI is InChI=1S/C18H21F6NO2/c1-10(2)27-15-6-4-3-5-14(15)25-16(26)11-7-12(17(19,20)21)9-13(8-11)18(22,23)24/h7-10,14-15H,3-6H2,1-2H3,(H,25,26)/t14-,15-/m0/s1. The topological polar surface area (TPSA) is 38.3 Å². The fourth-order valence-corrected chi connectivity index (χ4v) is 3.11. The second-order valence-electron chi connectivity index (χ2n) is 6.88. The van der Waals surface area contributed by atoms with Gasteiger partial charge >= 0.3 is 12.4 Å². The summed E-state index contributed by atoms with van der Waals surface area (Å²) in [7, 11) is 0. The Balaban J connectivity index is 2.29. The Morgan fingerprint density at radius 3 is 2.00 bits per heavy atom. The highest BCUT2D eigenvalue weighted by molar-refractivity contribution is 5.95. The number of alkyl halides is 6. The first-order valence-corrected chi connectivity index (χ1v) is 8.63. The van der Waals surface area contributed by atoms with Gasteiger partial charge in [-0.2, -0.15) is 26.3 Å². The van der Waals surface area contributed by atoms with Gasteiger partial charge in [0.2, 0.25) is 0 Å². The first kappa shape index (κ1) is 21.5. The predicted molar refractivity (Wildman–Crippen MR) is 86.2 cm³/mol. The molecule has 0 saturated heterocycles. The van der Waals surface area contributed by atoms with E-state index in [1.165, 1.54) is 0 Å². The van der Waals surface area contributed by atoms with E-state index < -0.39 is 41.0 Å². The Hall–Kier alpha value is -1.77. The maximum Gasteiger partial charge on any atom is 0.416 e. The van der Waals surface area contributed by atoms with Crippen molar-refractivity contribution in [2.75, 3.05) is 0 Å². The van der Waals surface area contributed by atoms with Crippen LogP contribution in [0.4, 0.5) is 26.3 Å². The fourth-order valence-electron chi connectivity index (χ4n) is 3.11. The predicted octanol–water partition coefficient (Wildman–Crippen LogP) is 5.19. The van der Waals surface area contributed by atoms with Crippen LogP contribution in [-0.4, -0.2) is 24.2 Å². The van der Waals surface area contributed by atoms with E-state index in [0.29, 0.717) is 25.0 Å². The average Bonchev–Trinajstić information content (AvgIpc) is 2.54. The number of halogens is 6. The number of rotatable bonds is 4. The minimum Gasteiger partial charge on any atom is -0.373 e. The Morgan fingerprint density at radius 2 is 1.52 bits per heavy atom. The molecule has 2 rings (SSSR count). The van der Waals surface area contributed by atoms with Crippen LogP contribution in [0.25, 0.3) is 0 Å². The van der Waals surface area contributed by atoms with E-state index in [4.69, 9.17) is 4.74 Å². The first-order chi connectivity index (χ1) is 12.4. The van der Waals surface area contributed by atoms with Crippen molar-refractivity contribution >= 4 is 5.91 Å². The van der Waals surface area contributed by atoms with Crippen LogP contribution in [0.15, 0.2) is 18.2 Å². The van der Waals surface area contributed by atoms with Gasteiger partial charge in [0.05, 0.1) is 29.4 Å². The highest BCUT2D eigenvalue weighted by Gasteiger charge is 2.38. The SMILES string of the molecule is CC(C)O[C@H]1CCCC[C@@H]1NC(=O)c1cc(C(F)(F)F)cc(C(F)(F)F)c1. The van der Waals surface area contributed by atoms with Crippen LogP contribution in [0.1, 0.15) is 61.0 Å². The average molecular weight is 397 g/mol. The lowest BCUT2D eigenvalue weighted by atomic mass is 9.91. The third-order valence-electron chi connectivity index (χ3n) is 4.32. The summed E-state index contributed by atoms with van der Waals surface area (Å²) in [4.78, 5) is 12.4. The van der Waals surface area contributed by atoms with Crippen LogP contribution in [0.2, 0.25) is 0 Å². The molecule has 1 N–H and O–H groups in total. The highest BCUT2D eigenvalue weighted by atomic mass is 19.4. The smallest absolute Gasteiger partial charge is 0.373 e. The van der Waals surface area contributed by atoms with E-state index in [-0.39, 0.29) is 18.3 Å². The van der Waals surface area contributed by atoms with Crippen molar-refractivity contribution in [3.63, 3.8) is 0 Å². The number of carbonyl (C=O) groups excluding carboxylic acids is 1. The van der Waals surface area contributed by atoms with Crippen molar-refractivity contribution < 1.29 is 35.9 Å². The van der Waals surface area contributed by atoms with Gasteiger partial charge in [0, 0.05) is 5.56 Å². The molecule has 0 aliphatic heterocycles. The van der Waals surface area contributed by atoms with Crippen LogP contribution in [0, 0.1) is 0 Å². The summed E-state index contributed by atoms with van der Waals surface area (Å²) < 4.78 is 83.4. The van der Waals surface area contributed by atoms with Crippen LogP contribution in [0.3, 0.4) is 0 Å². The molecular weight excluding hydrogens is 376 g/mol. The van der Waals surface area contributed by atoms with Gasteiger partial charge in [0.1, 0.15) is 0 Å². The monoisotopic (exact) mass is 397 g/mol. The van der Waals surface area contributed by atoms with Gasteiger partial charge in [-0.1, -0.05) is 12.8 Å². The number of benzene rings is 1. The molecule has 9 heteroatoms. The van der Waals surface area contributed by atoms with Crippen LogP contribution < -0.4 is 5.32 Å². The summed E-state index contributed by atoms with van der Waals surface area (Å²) in [6.45, 7) is 3.63. The van der Waals surface area contributed by atoms with Crippen molar-refractivity contribution in [1.82, 2.24) is 5.32 Å². The first-order valence-electron chi connectivity index (χ1n) is 8.63. The zero-order valence-corrected chi connectivity index (χ0v) is 14.9. The molecule has 0 radical (unpaired) electrons. The largest absolute Gasteiger partial charge is 0.416 e. The lowest BCUT2D eigenvalue weighted by Gasteiger charge is -2.33. The Labute approximate surface area is 153 Å². The summed E-state index contributed by atoms with van der Waals surface area (Å²) in [6, 6.07) is 0.414. The highest BCUT2D eigenvalue weighted by Crippen LogP contribution is 2.36. The number of amides is 1. The van der Waals surface area contributed by atoms with Crippen molar-refractivity contribution in [2.24, 2.45) is 0 Å². The fraction of sp³-hybridized carbons (Fsp3) is 0.611. The van der Waals surface area contributed by atoms with Crippen LogP contribution in [-0.2, 0) is 17.1 Å². The Kier molecular flexibility index (Phi) is 6.44. The van der Waals surface area contributed by atoms with Gasteiger partial charge in [0.25, 0.3) is 5.91 Å². The Morgan fingerprint density at radius 1 is 1.00 bits per heavy atom. The number of hydrogen-bond donors (Lipinski definition) is 1. The molecule has 152 valence electrons. The van der Waals surface area contributed by atoms with Crippen molar-refractivity contribution in [1.29, 1.82) is 0 Å². The molecule has 1 saturated carbocycles. The van der Waals surface area contributed by atoms with Gasteiger partial charge in [-0.05, 0) is 44.9 Å². The van der Waals surface area contributed by atoms with Gasteiger partial charge in [-0.3, -0.25) is 4.79 Å². The van der Waals surface area contributed by atoms with Crippen molar-refractivity contribution in [3.8, 4) is 0 Å². The van der Waals surface area contributed by atoms with Gasteiger partial charge in [0.15, 0.2) is 0 Å². The zero-order chi connectivity index (χ0) is 20.4. The van der Waals surface area contributed by atoms with Gasteiger partial charge < -0.3 is 10.1 Å². The Bertz CT molecular complexity index is 637. The maximum atomic E-state index is 12.9. The van der Waals surface area contributed by atoms with E-state index in [9.17, 15) is 31.1 Å². The third kappa shape index (κ3) is 5.85. The molecule has 0 bridgehead atoms. The minimum atomic E-state index is -5.00. The van der Waals surface area contributed by atoms with E-state index in [1.807, 2.05) is 13.8 Å². The molecule has 1 aromatic carbocycles. The summed E-state index contributed by atoms with van der Waals surface area (Å²) in [5.74, 6) is -0.976. The quantitative estimate of drug-likeness (QED) is 0.710. The van der Waals surface area contributed by atoms with Crippen molar-refractivity contribution in [3.05, 3.63) is 34.9 Å². The molecule has 0 unspecified atom stereocenters. The van der Waals surface area contributed by atoms with E-state index in [1.54, 1.807) is 0 Å². The number of nitrogens with one attached hydrogen (secondary N) is 1. The maximum absolute atomic E-state index is 12.9. The van der Waals surface area contributed by atoms with Crippen molar-refractivity contribution in [2.45, 2.75) is 70.1 Å². The zero-order valence-electron chi connectivity index (χ0n) is 14.9. The molecule has 2 atom stereocenters. The number of hydrogen-bond acceptors (Lipinski definition) is 2. The lowest BCUT2D eigenvalue weighted by Crippen LogP contribution is -2.47. The van der Waals surface area contributed by atoms with E-state index in [0.717, 1.165) is 12.8 Å². The summed E-state index contributed by atoms with van der Waals surface area (Å²) in [6.07, 6.45) is -7.54. The van der Waals surface area contributed by atoms with Crippen LogP contribution >= 0.6 is 0 Å². The van der Waals surface area contributed by atoms with Gasteiger partial charge in [-0.15, -0.1) is 0 Å². The summed E-state index contributed by atoms with van der Waals surface area (Å²) >= 11 is 0. The molecule has 1 aromatic rings. The molecular formula is C18H21F6NO2. The molecule has 1 aliphatic rings. The second-order valence-corrected chi connectivity index (χ2v) is 6.88. The number of carbonyl (C=O) groups is 1. The summed E-state index contributed by atoms with van der Waals surface area (Å²) in [5.41, 5.74) is -3.70. The normalized spacial score (nSPS) is 21.4. The molecule has 0 aromatic heterocycles. The van der Waals surface area contributed by atoms with E-state index in [2.05, 4.69) is 5.32 Å².